The number of hydrogen-bond acceptors (Lipinski definition) is 9. The largest absolute Gasteiger partial charge is 0.326 e. The SMILES string of the molecule is CC(=O)N1CCCc2cc(-c3ccc(C(=O)CCc4cccnc4)cc3)ccc21.CCC(=O)N(C)c1ccc(-c2ccc(C(=O)CCc3cccnc3)cc2)cc1.CCC(=O)Nc1ccc(-c2ccc(C(=O)CCc3cccnc3)cc2)cc1. The molecule has 1 aliphatic heterocycles. The van der Waals surface area contributed by atoms with Crippen molar-refractivity contribution in [3.8, 4) is 33.4 Å². The molecule has 3 aromatic heterocycles. The predicted octanol–water partition coefficient (Wildman–Crippen LogP) is 14.7. The van der Waals surface area contributed by atoms with Gasteiger partial charge in [0.25, 0.3) is 0 Å². The van der Waals surface area contributed by atoms with Crippen LogP contribution in [0.25, 0.3) is 33.4 Å². The van der Waals surface area contributed by atoms with Crippen LogP contribution in [0.1, 0.15) is 113 Å². The number of aromatic nitrogens is 3. The van der Waals surface area contributed by atoms with Gasteiger partial charge < -0.3 is 15.1 Å². The number of nitrogens with one attached hydrogen (secondary N) is 1. The zero-order valence-corrected chi connectivity index (χ0v) is 48.2. The lowest BCUT2D eigenvalue weighted by Gasteiger charge is -2.29. The quantitative estimate of drug-likeness (QED) is 0.0778. The van der Waals surface area contributed by atoms with Crippen molar-refractivity contribution < 1.29 is 28.8 Å². The summed E-state index contributed by atoms with van der Waals surface area (Å²) in [7, 11) is 1.78. The molecule has 0 aliphatic carbocycles. The van der Waals surface area contributed by atoms with E-state index in [4.69, 9.17) is 0 Å². The highest BCUT2D eigenvalue weighted by Crippen LogP contribution is 2.32. The molecule has 6 aromatic carbocycles. The second kappa shape index (κ2) is 30.3. The van der Waals surface area contributed by atoms with E-state index in [1.54, 1.807) is 56.1 Å². The Labute approximate surface area is 492 Å². The molecule has 1 aliphatic rings. The zero-order chi connectivity index (χ0) is 59.2. The van der Waals surface area contributed by atoms with Crippen molar-refractivity contribution >= 4 is 52.1 Å². The Balaban J connectivity index is 0.000000164. The number of carbonyl (C=O) groups excluding carboxylic acids is 6. The minimum absolute atomic E-state index is 0.00287. The van der Waals surface area contributed by atoms with Gasteiger partial charge >= 0.3 is 0 Å². The molecule has 0 atom stereocenters. The number of Topliss-reactive ketones (excluding diaryl/α,β-unsaturated/α-hetero) is 3. The van der Waals surface area contributed by atoms with Crippen LogP contribution in [0.2, 0.25) is 0 Å². The van der Waals surface area contributed by atoms with Crippen LogP contribution in [-0.4, -0.2) is 63.6 Å². The van der Waals surface area contributed by atoms with Crippen LogP contribution < -0.4 is 15.1 Å². The number of rotatable bonds is 19. The molecule has 12 heteroatoms. The number of fused-ring (bicyclic) bond motifs is 1. The van der Waals surface area contributed by atoms with Gasteiger partial charge in [0.05, 0.1) is 0 Å². The lowest BCUT2D eigenvalue weighted by Crippen LogP contribution is -2.33. The molecule has 0 fully saturated rings. The number of carbonyl (C=O) groups is 6. The van der Waals surface area contributed by atoms with Crippen molar-refractivity contribution in [2.75, 3.05) is 28.7 Å². The average molecular weight is 1120 g/mol. The lowest BCUT2D eigenvalue weighted by atomic mass is 9.95. The average Bonchev–Trinajstić information content (AvgIpc) is 3.66. The smallest absolute Gasteiger partial charge is 0.226 e. The highest BCUT2D eigenvalue weighted by Gasteiger charge is 2.21. The number of pyridine rings is 3. The summed E-state index contributed by atoms with van der Waals surface area (Å²) in [5.41, 5.74) is 15.6. The molecular formula is C72H70N6O6. The predicted molar refractivity (Wildman–Crippen MR) is 335 cm³/mol. The molecule has 0 saturated heterocycles. The number of anilines is 3. The number of aryl methyl sites for hydroxylation is 4. The summed E-state index contributed by atoms with van der Waals surface area (Å²) < 4.78 is 0. The van der Waals surface area contributed by atoms with Crippen LogP contribution in [0.5, 0.6) is 0 Å². The Morgan fingerprint density at radius 3 is 1.26 bits per heavy atom. The van der Waals surface area contributed by atoms with E-state index in [0.29, 0.717) is 51.4 Å². The van der Waals surface area contributed by atoms with Crippen LogP contribution in [0.3, 0.4) is 0 Å². The lowest BCUT2D eigenvalue weighted by molar-refractivity contribution is -0.118. The fourth-order valence-electron chi connectivity index (χ4n) is 9.75. The standard InChI is InChI=1S/C25H24N2O2.C24H24N2O2.C23H22N2O2/c1-18(28)27-15-3-5-23-16-22(11-12-24(23)27)20-7-9-21(10-8-20)25(29)13-6-19-4-2-14-26-17-19;1-3-24(28)26(2)22-13-11-20(12-14-22)19-7-9-21(10-8-19)23(27)15-6-18-5-4-16-25-17-18;1-2-23(27)25-21-12-10-19(11-13-21)18-6-8-20(9-7-18)22(26)14-5-17-4-3-15-24-16-17/h2,4,7-12,14,16-17H,3,5-6,13,15H2,1H3;4-5,7-14,16-17H,3,6,15H2,1-2H3;3-4,6-13,15-16H,2,5,14H2,1H3,(H,25,27). The van der Waals surface area contributed by atoms with E-state index in [0.717, 1.165) is 103 Å². The highest BCUT2D eigenvalue weighted by atomic mass is 16.2. The third kappa shape index (κ3) is 17.1. The maximum absolute atomic E-state index is 12.5. The molecule has 10 rings (SSSR count). The zero-order valence-electron chi connectivity index (χ0n) is 48.2. The molecule has 0 radical (unpaired) electrons. The minimum Gasteiger partial charge on any atom is -0.326 e. The second-order valence-corrected chi connectivity index (χ2v) is 20.5. The molecule has 84 heavy (non-hydrogen) atoms. The third-order valence-electron chi connectivity index (χ3n) is 14.7. The molecule has 0 unspecified atom stereocenters. The van der Waals surface area contributed by atoms with Gasteiger partial charge in [-0.3, -0.25) is 43.7 Å². The first-order valence-corrected chi connectivity index (χ1v) is 28.6. The molecule has 1 N–H and O–H groups in total. The number of hydrogen-bond donors (Lipinski definition) is 1. The maximum Gasteiger partial charge on any atom is 0.226 e. The summed E-state index contributed by atoms with van der Waals surface area (Å²) in [6, 6.07) is 56.6. The van der Waals surface area contributed by atoms with Gasteiger partial charge in [0, 0.05) is 124 Å². The van der Waals surface area contributed by atoms with Crippen molar-refractivity contribution in [1.82, 2.24) is 15.0 Å². The van der Waals surface area contributed by atoms with Crippen molar-refractivity contribution in [2.45, 2.75) is 85.0 Å². The normalized spacial score (nSPS) is 11.4. The van der Waals surface area contributed by atoms with E-state index in [1.807, 2.05) is 183 Å². The van der Waals surface area contributed by atoms with Crippen LogP contribution in [-0.2, 0) is 40.1 Å². The molecule has 4 heterocycles. The monoisotopic (exact) mass is 1110 g/mol. The molecule has 9 aromatic rings. The van der Waals surface area contributed by atoms with E-state index in [2.05, 4.69) is 32.4 Å². The maximum atomic E-state index is 12.5. The van der Waals surface area contributed by atoms with Crippen LogP contribution >= 0.6 is 0 Å². The van der Waals surface area contributed by atoms with Crippen LogP contribution in [0, 0.1) is 0 Å². The Morgan fingerprint density at radius 2 is 0.881 bits per heavy atom. The summed E-state index contributed by atoms with van der Waals surface area (Å²) >= 11 is 0. The molecular weight excluding hydrogens is 1040 g/mol. The highest BCUT2D eigenvalue weighted by molar-refractivity contribution is 5.99. The molecule has 0 bridgehead atoms. The summed E-state index contributed by atoms with van der Waals surface area (Å²) in [6.45, 7) is 6.08. The first kappa shape index (κ1) is 60.3. The number of benzene rings is 6. The van der Waals surface area contributed by atoms with Crippen molar-refractivity contribution in [3.05, 3.63) is 252 Å². The Kier molecular flexibility index (Phi) is 21.8. The molecule has 424 valence electrons. The van der Waals surface area contributed by atoms with E-state index in [9.17, 15) is 28.8 Å². The van der Waals surface area contributed by atoms with Gasteiger partial charge in [0.2, 0.25) is 17.7 Å². The topological polar surface area (TPSA) is 160 Å². The fourth-order valence-corrected chi connectivity index (χ4v) is 9.75. The molecule has 3 amide bonds. The van der Waals surface area contributed by atoms with Crippen LogP contribution in [0.4, 0.5) is 17.1 Å². The van der Waals surface area contributed by atoms with E-state index < -0.39 is 0 Å². The van der Waals surface area contributed by atoms with Gasteiger partial charge in [-0.1, -0.05) is 135 Å². The summed E-state index contributed by atoms with van der Waals surface area (Å²) in [4.78, 5) is 88.1. The minimum atomic E-state index is -0.00287. The van der Waals surface area contributed by atoms with Crippen molar-refractivity contribution in [1.29, 1.82) is 0 Å². The Bertz CT molecular complexity index is 3630. The number of nitrogens with zero attached hydrogens (tertiary/aromatic N) is 5. The number of ketones is 3. The molecule has 0 spiro atoms. The Hall–Kier alpha value is -9.81. The second-order valence-electron chi connectivity index (χ2n) is 20.5. The van der Waals surface area contributed by atoms with Gasteiger partial charge in [0.1, 0.15) is 0 Å². The summed E-state index contributed by atoms with van der Waals surface area (Å²) in [5.74, 6) is 0.572. The summed E-state index contributed by atoms with van der Waals surface area (Å²) in [6.07, 6.45) is 17.0. The van der Waals surface area contributed by atoms with E-state index in [1.165, 1.54) is 5.56 Å². The molecule has 12 nitrogen and oxygen atoms in total. The third-order valence-corrected chi connectivity index (χ3v) is 14.7. The van der Waals surface area contributed by atoms with E-state index in [-0.39, 0.29) is 35.1 Å². The number of amides is 3. The fraction of sp³-hybridized carbons (Fsp3) is 0.208. The first-order valence-electron chi connectivity index (χ1n) is 28.6. The summed E-state index contributed by atoms with van der Waals surface area (Å²) in [5, 5.41) is 2.83. The van der Waals surface area contributed by atoms with Gasteiger partial charge in [-0.05, 0) is 142 Å². The molecule has 0 saturated carbocycles. The van der Waals surface area contributed by atoms with Crippen molar-refractivity contribution in [3.63, 3.8) is 0 Å². The van der Waals surface area contributed by atoms with Gasteiger partial charge in [-0.25, -0.2) is 0 Å². The van der Waals surface area contributed by atoms with Crippen molar-refractivity contribution in [2.24, 2.45) is 0 Å². The van der Waals surface area contributed by atoms with Gasteiger partial charge in [0.15, 0.2) is 17.3 Å². The van der Waals surface area contributed by atoms with E-state index >= 15 is 0 Å². The first-order chi connectivity index (χ1) is 40.8. The van der Waals surface area contributed by atoms with Gasteiger partial charge in [-0.15, -0.1) is 0 Å². The van der Waals surface area contributed by atoms with Gasteiger partial charge in [-0.2, -0.15) is 0 Å². The van der Waals surface area contributed by atoms with Crippen LogP contribution in [0.15, 0.2) is 213 Å². The Morgan fingerprint density at radius 1 is 0.488 bits per heavy atom.